The van der Waals surface area contributed by atoms with Gasteiger partial charge in [0.15, 0.2) is 0 Å². The van der Waals surface area contributed by atoms with Crippen LogP contribution in [0, 0.1) is 0 Å². The zero-order chi connectivity index (χ0) is 18.3. The standard InChI is InChI=1S/C25H52.Na/c1-3-5-7-9-11-13-15-17-19-21-23-25-24-22-20-18-16-14-12-10-8-6-4-2;/h3-25H2,1-2H3;. The Bertz CT molecular complexity index is 192. The topological polar surface area (TPSA) is 0 Å². The molecule has 0 aromatic carbocycles. The number of hydrogen-bond acceptors (Lipinski definition) is 0. The molecule has 1 heteroatoms. The molecule has 0 aromatic rings. The number of rotatable bonds is 22. The molecule has 0 saturated carbocycles. The third-order valence-corrected chi connectivity index (χ3v) is 5.71. The van der Waals surface area contributed by atoms with Gasteiger partial charge in [0, 0.05) is 29.6 Å². The molecule has 0 heterocycles. The third-order valence-electron chi connectivity index (χ3n) is 5.71. The average molecular weight is 376 g/mol. The van der Waals surface area contributed by atoms with Crippen molar-refractivity contribution in [1.29, 1.82) is 0 Å². The first-order valence-corrected chi connectivity index (χ1v) is 12.4. The molecule has 0 nitrogen and oxygen atoms in total. The van der Waals surface area contributed by atoms with Gasteiger partial charge in [0.1, 0.15) is 0 Å². The minimum absolute atomic E-state index is 0. The smallest absolute Gasteiger partial charge is 0 e. The molecule has 0 aliphatic carbocycles. The van der Waals surface area contributed by atoms with E-state index in [2.05, 4.69) is 13.8 Å². The van der Waals surface area contributed by atoms with Gasteiger partial charge in [-0.1, -0.05) is 162 Å². The van der Waals surface area contributed by atoms with Crippen LogP contribution in [0.3, 0.4) is 0 Å². The second-order valence-electron chi connectivity index (χ2n) is 8.42. The van der Waals surface area contributed by atoms with E-state index in [1.807, 2.05) is 0 Å². The zero-order valence-corrected chi connectivity index (χ0v) is 21.3. The van der Waals surface area contributed by atoms with Crippen molar-refractivity contribution in [2.45, 2.75) is 162 Å². The second kappa shape index (κ2) is 28.2. The summed E-state index contributed by atoms with van der Waals surface area (Å²) in [6, 6.07) is 0. The molecule has 0 saturated heterocycles. The van der Waals surface area contributed by atoms with Gasteiger partial charge < -0.3 is 0 Å². The molecular formula is C25H52Na. The Kier molecular flexibility index (Phi) is 31.7. The Morgan fingerprint density at radius 1 is 0.231 bits per heavy atom. The van der Waals surface area contributed by atoms with Crippen molar-refractivity contribution in [3.63, 3.8) is 0 Å². The Morgan fingerprint density at radius 3 is 0.462 bits per heavy atom. The number of hydrogen-bond donors (Lipinski definition) is 0. The van der Waals surface area contributed by atoms with Crippen LogP contribution in [0.2, 0.25) is 0 Å². The first-order chi connectivity index (χ1) is 12.4. The summed E-state index contributed by atoms with van der Waals surface area (Å²) in [7, 11) is 0. The molecule has 0 aliphatic heterocycles. The van der Waals surface area contributed by atoms with E-state index in [0.717, 1.165) is 0 Å². The van der Waals surface area contributed by atoms with Crippen LogP contribution >= 0.6 is 0 Å². The normalized spacial score (nSPS) is 10.8. The quantitative estimate of drug-likeness (QED) is 0.130. The fourth-order valence-corrected chi connectivity index (χ4v) is 3.86. The fourth-order valence-electron chi connectivity index (χ4n) is 3.86. The molecule has 0 aliphatic rings. The Morgan fingerprint density at radius 2 is 0.346 bits per heavy atom. The Labute approximate surface area is 190 Å². The van der Waals surface area contributed by atoms with Gasteiger partial charge in [-0.05, 0) is 0 Å². The molecule has 26 heavy (non-hydrogen) atoms. The SMILES string of the molecule is CCCCCCCCCCCCCCCCCCCCCCCCC.[Na]. The van der Waals surface area contributed by atoms with E-state index in [-0.39, 0.29) is 29.6 Å². The molecule has 0 atom stereocenters. The van der Waals surface area contributed by atoms with E-state index in [1.165, 1.54) is 148 Å². The molecule has 0 spiro atoms. The van der Waals surface area contributed by atoms with Gasteiger partial charge in [0.25, 0.3) is 0 Å². The van der Waals surface area contributed by atoms with Crippen LogP contribution < -0.4 is 0 Å². The van der Waals surface area contributed by atoms with Crippen LogP contribution in [-0.2, 0) is 0 Å². The van der Waals surface area contributed by atoms with Gasteiger partial charge >= 0.3 is 0 Å². The number of unbranched alkanes of at least 4 members (excludes halogenated alkanes) is 22. The molecule has 1 radical (unpaired) electrons. The second-order valence-corrected chi connectivity index (χ2v) is 8.42. The van der Waals surface area contributed by atoms with Crippen molar-refractivity contribution in [3.05, 3.63) is 0 Å². The average Bonchev–Trinajstić information content (AvgIpc) is 2.63. The van der Waals surface area contributed by atoms with E-state index in [9.17, 15) is 0 Å². The molecule has 0 amide bonds. The third kappa shape index (κ3) is 27.2. The van der Waals surface area contributed by atoms with Gasteiger partial charge in [-0.25, -0.2) is 0 Å². The maximum absolute atomic E-state index is 2.30. The molecule has 0 fully saturated rings. The van der Waals surface area contributed by atoms with Crippen LogP contribution in [-0.4, -0.2) is 29.6 Å². The van der Waals surface area contributed by atoms with E-state index in [1.54, 1.807) is 0 Å². The molecule has 0 N–H and O–H groups in total. The molecular weight excluding hydrogens is 323 g/mol. The summed E-state index contributed by atoms with van der Waals surface area (Å²) in [5.74, 6) is 0. The predicted octanol–water partition coefficient (Wildman–Crippen LogP) is 9.62. The van der Waals surface area contributed by atoms with Gasteiger partial charge in [0.05, 0.1) is 0 Å². The van der Waals surface area contributed by atoms with Crippen LogP contribution in [0.15, 0.2) is 0 Å². The van der Waals surface area contributed by atoms with Crippen molar-refractivity contribution in [3.8, 4) is 0 Å². The minimum atomic E-state index is 0. The predicted molar refractivity (Wildman–Crippen MR) is 123 cm³/mol. The van der Waals surface area contributed by atoms with Gasteiger partial charge in [-0.15, -0.1) is 0 Å². The monoisotopic (exact) mass is 375 g/mol. The fraction of sp³-hybridized carbons (Fsp3) is 1.00. The van der Waals surface area contributed by atoms with Crippen molar-refractivity contribution in [2.75, 3.05) is 0 Å². The largest absolute Gasteiger partial charge is 0.0654 e. The Balaban J connectivity index is 0. The van der Waals surface area contributed by atoms with Gasteiger partial charge in [0.2, 0.25) is 0 Å². The van der Waals surface area contributed by atoms with Crippen LogP contribution in [0.4, 0.5) is 0 Å². The first-order valence-electron chi connectivity index (χ1n) is 12.4. The van der Waals surface area contributed by atoms with Crippen molar-refractivity contribution in [1.82, 2.24) is 0 Å². The van der Waals surface area contributed by atoms with Crippen molar-refractivity contribution < 1.29 is 0 Å². The van der Waals surface area contributed by atoms with E-state index >= 15 is 0 Å². The summed E-state index contributed by atoms with van der Waals surface area (Å²) in [6.07, 6.45) is 33.9. The van der Waals surface area contributed by atoms with E-state index in [4.69, 9.17) is 0 Å². The summed E-state index contributed by atoms with van der Waals surface area (Å²) in [5, 5.41) is 0. The summed E-state index contributed by atoms with van der Waals surface area (Å²) < 4.78 is 0. The Hall–Kier alpha value is 1.00. The van der Waals surface area contributed by atoms with Crippen molar-refractivity contribution in [2.24, 2.45) is 0 Å². The summed E-state index contributed by atoms with van der Waals surface area (Å²) in [4.78, 5) is 0. The van der Waals surface area contributed by atoms with Gasteiger partial charge in [-0.2, -0.15) is 0 Å². The van der Waals surface area contributed by atoms with Crippen LogP contribution in [0.1, 0.15) is 162 Å². The van der Waals surface area contributed by atoms with Crippen LogP contribution in [0.25, 0.3) is 0 Å². The maximum atomic E-state index is 2.30. The first kappa shape index (κ1) is 29.2. The van der Waals surface area contributed by atoms with Gasteiger partial charge in [-0.3, -0.25) is 0 Å². The van der Waals surface area contributed by atoms with E-state index in [0.29, 0.717) is 0 Å². The molecule has 0 unspecified atom stereocenters. The summed E-state index contributed by atoms with van der Waals surface area (Å²) in [5.41, 5.74) is 0. The zero-order valence-electron chi connectivity index (χ0n) is 19.3. The van der Waals surface area contributed by atoms with Crippen LogP contribution in [0.5, 0.6) is 0 Å². The molecule has 0 bridgehead atoms. The molecule has 0 rings (SSSR count). The molecule has 153 valence electrons. The van der Waals surface area contributed by atoms with E-state index < -0.39 is 0 Å². The summed E-state index contributed by atoms with van der Waals surface area (Å²) >= 11 is 0. The summed E-state index contributed by atoms with van der Waals surface area (Å²) in [6.45, 7) is 4.60. The molecule has 0 aromatic heterocycles. The maximum Gasteiger partial charge on any atom is 0 e. The van der Waals surface area contributed by atoms with Crippen molar-refractivity contribution >= 4 is 29.6 Å². The minimum Gasteiger partial charge on any atom is -0.0654 e.